The summed E-state index contributed by atoms with van der Waals surface area (Å²) in [5.74, 6) is -0.166. The molecule has 160 valence electrons. The number of carbonyl (C=O) groups excluding carboxylic acids is 1. The molecule has 0 radical (unpaired) electrons. The van der Waals surface area contributed by atoms with Crippen LogP contribution in [0, 0.1) is 6.92 Å². The van der Waals surface area contributed by atoms with Gasteiger partial charge in [-0.15, -0.1) is 0 Å². The van der Waals surface area contributed by atoms with Crippen molar-refractivity contribution in [2.75, 3.05) is 5.32 Å². The van der Waals surface area contributed by atoms with Crippen LogP contribution in [0.2, 0.25) is 10.0 Å². The van der Waals surface area contributed by atoms with E-state index in [0.29, 0.717) is 24.1 Å². The van der Waals surface area contributed by atoms with E-state index in [1.807, 2.05) is 6.92 Å². The van der Waals surface area contributed by atoms with E-state index in [1.54, 1.807) is 25.1 Å². The molecule has 1 unspecified atom stereocenters. The molecule has 0 bridgehead atoms. The van der Waals surface area contributed by atoms with Gasteiger partial charge in [0.1, 0.15) is 0 Å². The minimum absolute atomic E-state index is 0.0643. The van der Waals surface area contributed by atoms with Crippen LogP contribution in [0.5, 0.6) is 0 Å². The molecule has 1 amide bonds. The first-order valence-electron chi connectivity index (χ1n) is 9.25. The van der Waals surface area contributed by atoms with Crippen molar-refractivity contribution in [1.82, 2.24) is 0 Å². The molecule has 4 nitrogen and oxygen atoms in total. The van der Waals surface area contributed by atoms with Gasteiger partial charge in [-0.2, -0.15) is 13.2 Å². The van der Waals surface area contributed by atoms with E-state index in [1.165, 1.54) is 18.2 Å². The van der Waals surface area contributed by atoms with Crippen molar-refractivity contribution in [3.8, 4) is 0 Å². The Kier molecular flexibility index (Phi) is 6.34. The zero-order valence-corrected chi connectivity index (χ0v) is 17.8. The highest BCUT2D eigenvalue weighted by atomic mass is 35.5. The number of rotatable bonds is 5. The van der Waals surface area contributed by atoms with Crippen LogP contribution in [0.15, 0.2) is 41.6 Å². The Morgan fingerprint density at radius 1 is 1.20 bits per heavy atom. The number of halogens is 5. The van der Waals surface area contributed by atoms with Crippen LogP contribution < -0.4 is 5.32 Å². The van der Waals surface area contributed by atoms with Gasteiger partial charge >= 0.3 is 6.18 Å². The fraction of sp³-hybridized carbons (Fsp3) is 0.333. The molecule has 1 aliphatic rings. The molecule has 1 aliphatic heterocycles. The minimum atomic E-state index is -4.77. The van der Waals surface area contributed by atoms with Gasteiger partial charge in [-0.1, -0.05) is 47.4 Å². The summed E-state index contributed by atoms with van der Waals surface area (Å²) in [6.45, 7) is 3.68. The molecule has 1 N–H and O–H groups in total. The number of hydrogen-bond donors (Lipinski definition) is 1. The summed E-state index contributed by atoms with van der Waals surface area (Å²) in [6.07, 6.45) is -4.30. The lowest BCUT2D eigenvalue weighted by atomic mass is 9.86. The molecular weight excluding hydrogens is 440 g/mol. The summed E-state index contributed by atoms with van der Waals surface area (Å²) >= 11 is 11.8. The lowest BCUT2D eigenvalue weighted by Gasteiger charge is -2.29. The molecule has 1 heterocycles. The third kappa shape index (κ3) is 4.42. The number of benzene rings is 2. The van der Waals surface area contributed by atoms with E-state index in [9.17, 15) is 18.0 Å². The average Bonchev–Trinajstić information content (AvgIpc) is 3.10. The number of amides is 1. The van der Waals surface area contributed by atoms with Gasteiger partial charge in [0, 0.05) is 39.7 Å². The Morgan fingerprint density at radius 2 is 1.87 bits per heavy atom. The molecule has 0 saturated carbocycles. The molecule has 1 atom stereocenters. The standard InChI is InChI=1S/C21H19Cl2F3N2O2/c1-3-4-19(29)27-17-7-13(6-5-12(17)2)18-11-20(30-28-18,21(24,25)26)14-8-15(22)10-16(23)9-14/h5-10H,3-4,11H2,1-2H3,(H,27,29). The Bertz CT molecular complexity index is 988. The highest BCUT2D eigenvalue weighted by Crippen LogP contribution is 2.49. The van der Waals surface area contributed by atoms with Crippen molar-refractivity contribution in [2.45, 2.75) is 44.9 Å². The summed E-state index contributed by atoms with van der Waals surface area (Å²) < 4.78 is 42.3. The van der Waals surface area contributed by atoms with Gasteiger partial charge < -0.3 is 10.2 Å². The summed E-state index contributed by atoms with van der Waals surface area (Å²) in [4.78, 5) is 17.0. The van der Waals surface area contributed by atoms with Crippen LogP contribution in [0.3, 0.4) is 0 Å². The first-order chi connectivity index (χ1) is 14.1. The summed E-state index contributed by atoms with van der Waals surface area (Å²) in [5, 5.41) is 6.66. The van der Waals surface area contributed by atoms with Gasteiger partial charge in [0.25, 0.3) is 5.60 Å². The van der Waals surface area contributed by atoms with Crippen LogP contribution in [-0.4, -0.2) is 17.8 Å². The first kappa shape index (κ1) is 22.4. The quantitative estimate of drug-likeness (QED) is 0.546. The van der Waals surface area contributed by atoms with Gasteiger partial charge in [0.2, 0.25) is 5.91 Å². The molecule has 0 fully saturated rings. The highest BCUT2D eigenvalue weighted by molar-refractivity contribution is 6.34. The van der Waals surface area contributed by atoms with Crippen molar-refractivity contribution in [3.05, 3.63) is 63.1 Å². The van der Waals surface area contributed by atoms with E-state index in [2.05, 4.69) is 10.5 Å². The minimum Gasteiger partial charge on any atom is -0.374 e. The fourth-order valence-electron chi connectivity index (χ4n) is 3.22. The smallest absolute Gasteiger partial charge is 0.374 e. The van der Waals surface area contributed by atoms with E-state index in [4.69, 9.17) is 28.0 Å². The highest BCUT2D eigenvalue weighted by Gasteiger charge is 2.62. The Balaban J connectivity index is 1.96. The first-order valence-corrected chi connectivity index (χ1v) is 10.0. The van der Waals surface area contributed by atoms with Crippen LogP contribution >= 0.6 is 23.2 Å². The maximum absolute atomic E-state index is 14.1. The SMILES string of the molecule is CCCC(=O)Nc1cc(C2=NOC(c3cc(Cl)cc(Cl)c3)(C(F)(F)F)C2)ccc1C. The molecule has 30 heavy (non-hydrogen) atoms. The predicted octanol–water partition coefficient (Wildman–Crippen LogP) is 6.62. The molecule has 3 rings (SSSR count). The number of nitrogens with zero attached hydrogens (tertiary/aromatic N) is 1. The second kappa shape index (κ2) is 8.47. The number of alkyl halides is 3. The predicted molar refractivity (Wildman–Crippen MR) is 111 cm³/mol. The normalized spacial score (nSPS) is 18.7. The Morgan fingerprint density at radius 3 is 2.47 bits per heavy atom. The molecule has 0 saturated heterocycles. The number of hydrogen-bond acceptors (Lipinski definition) is 3. The van der Waals surface area contributed by atoms with Crippen LogP contribution in [0.25, 0.3) is 0 Å². The van der Waals surface area contributed by atoms with Gasteiger partial charge in [-0.25, -0.2) is 0 Å². The largest absolute Gasteiger partial charge is 0.435 e. The zero-order valence-electron chi connectivity index (χ0n) is 16.2. The zero-order chi connectivity index (χ0) is 22.1. The second-order valence-corrected chi connectivity index (χ2v) is 7.99. The number of oxime groups is 1. The van der Waals surface area contributed by atoms with Gasteiger partial charge in [0.15, 0.2) is 0 Å². The molecule has 2 aromatic rings. The van der Waals surface area contributed by atoms with E-state index in [0.717, 1.165) is 5.56 Å². The fourth-order valence-corrected chi connectivity index (χ4v) is 3.75. The molecule has 0 aromatic heterocycles. The van der Waals surface area contributed by atoms with E-state index < -0.39 is 18.2 Å². The van der Waals surface area contributed by atoms with Gasteiger partial charge in [0.05, 0.1) is 5.71 Å². The molecular formula is C21H19Cl2F3N2O2. The Hall–Kier alpha value is -2.25. The lowest BCUT2D eigenvalue weighted by molar-refractivity contribution is -0.275. The molecule has 0 aliphatic carbocycles. The number of carbonyl (C=O) groups is 1. The van der Waals surface area contributed by atoms with Crippen molar-refractivity contribution in [1.29, 1.82) is 0 Å². The summed E-state index contributed by atoms with van der Waals surface area (Å²) in [7, 11) is 0. The van der Waals surface area contributed by atoms with Crippen LogP contribution in [-0.2, 0) is 15.2 Å². The lowest BCUT2D eigenvalue weighted by Crippen LogP contribution is -2.42. The summed E-state index contributed by atoms with van der Waals surface area (Å²) in [5.41, 5.74) is -1.10. The van der Waals surface area contributed by atoms with Crippen molar-refractivity contribution >= 4 is 40.5 Å². The Labute approximate surface area is 182 Å². The molecule has 2 aromatic carbocycles. The number of nitrogens with one attached hydrogen (secondary N) is 1. The van der Waals surface area contributed by atoms with Gasteiger partial charge in [-0.05, 0) is 43.2 Å². The van der Waals surface area contributed by atoms with E-state index >= 15 is 0 Å². The third-order valence-corrected chi connectivity index (χ3v) is 5.27. The third-order valence-electron chi connectivity index (χ3n) is 4.84. The molecule has 9 heteroatoms. The maximum atomic E-state index is 14.1. The van der Waals surface area contributed by atoms with Crippen molar-refractivity contribution < 1.29 is 22.8 Å². The second-order valence-electron chi connectivity index (χ2n) is 7.12. The van der Waals surface area contributed by atoms with E-state index in [-0.39, 0.29) is 27.2 Å². The van der Waals surface area contributed by atoms with Crippen LogP contribution in [0.4, 0.5) is 18.9 Å². The monoisotopic (exact) mass is 458 g/mol. The van der Waals surface area contributed by atoms with Crippen molar-refractivity contribution in [3.63, 3.8) is 0 Å². The maximum Gasteiger partial charge on any atom is 0.435 e. The van der Waals surface area contributed by atoms with Crippen molar-refractivity contribution in [2.24, 2.45) is 5.16 Å². The van der Waals surface area contributed by atoms with Gasteiger partial charge in [-0.3, -0.25) is 4.79 Å². The number of aryl methyl sites for hydroxylation is 1. The molecule has 0 spiro atoms. The van der Waals surface area contributed by atoms with Crippen LogP contribution in [0.1, 0.15) is 42.9 Å². The average molecular weight is 459 g/mol. The topological polar surface area (TPSA) is 50.7 Å². The number of anilines is 1. The summed E-state index contributed by atoms with van der Waals surface area (Å²) in [6, 6.07) is 8.64.